The second-order valence-corrected chi connectivity index (χ2v) is 4.41. The minimum atomic E-state index is -0.743. The van der Waals surface area contributed by atoms with E-state index >= 15 is 0 Å². The topological polar surface area (TPSA) is 55.4 Å². The molecule has 0 spiro atoms. The summed E-state index contributed by atoms with van der Waals surface area (Å²) in [4.78, 5) is 23.2. The van der Waals surface area contributed by atoms with E-state index in [4.69, 9.17) is 4.74 Å². The Bertz CT molecular complexity index is 689. The fourth-order valence-corrected chi connectivity index (χ4v) is 1.72. The third-order valence-electron chi connectivity index (χ3n) is 2.86. The van der Waals surface area contributed by atoms with Gasteiger partial charge in [-0.25, -0.2) is 8.78 Å². The summed E-state index contributed by atoms with van der Waals surface area (Å²) in [5, 5.41) is 2.24. The molecule has 0 fully saturated rings. The van der Waals surface area contributed by atoms with Gasteiger partial charge in [0.25, 0.3) is 5.91 Å². The van der Waals surface area contributed by atoms with Crippen LogP contribution in [0.25, 0.3) is 0 Å². The molecule has 1 N–H and O–H groups in total. The Hall–Kier alpha value is -2.76. The fraction of sp³-hybridized carbons (Fsp3) is 0.125. The molecule has 2 rings (SSSR count). The van der Waals surface area contributed by atoms with Gasteiger partial charge < -0.3 is 10.1 Å². The van der Waals surface area contributed by atoms with E-state index in [1.54, 1.807) is 6.07 Å². The summed E-state index contributed by atoms with van der Waals surface area (Å²) in [5.41, 5.74) is 0.0701. The molecule has 1 amide bonds. The van der Waals surface area contributed by atoms with Gasteiger partial charge in [0.1, 0.15) is 24.8 Å². The number of benzene rings is 2. The fourth-order valence-electron chi connectivity index (χ4n) is 1.72. The zero-order valence-corrected chi connectivity index (χ0v) is 11.5. The standard InChI is InChI=1S/C16H13F2NO3/c17-13-7-3-1-5-11(13)10-22-15(20)9-19-16(21)12-6-2-4-8-14(12)18/h1-8H,9-10H2,(H,19,21). The third kappa shape index (κ3) is 4.12. The lowest BCUT2D eigenvalue weighted by Gasteiger charge is -2.07. The summed E-state index contributed by atoms with van der Waals surface area (Å²) in [5.74, 6) is -2.63. The first-order chi connectivity index (χ1) is 10.6. The highest BCUT2D eigenvalue weighted by atomic mass is 19.1. The molecule has 0 aliphatic heterocycles. The number of carbonyl (C=O) groups excluding carboxylic acids is 2. The first-order valence-corrected chi connectivity index (χ1v) is 6.49. The molecule has 0 saturated carbocycles. The summed E-state index contributed by atoms with van der Waals surface area (Å²) in [7, 11) is 0. The van der Waals surface area contributed by atoms with Crippen LogP contribution in [-0.2, 0) is 16.1 Å². The van der Waals surface area contributed by atoms with Crippen LogP contribution in [0, 0.1) is 11.6 Å². The van der Waals surface area contributed by atoms with E-state index in [0.29, 0.717) is 0 Å². The molecule has 0 bridgehead atoms. The van der Waals surface area contributed by atoms with Crippen molar-refractivity contribution in [2.24, 2.45) is 0 Å². The average Bonchev–Trinajstić information content (AvgIpc) is 2.52. The predicted molar refractivity (Wildman–Crippen MR) is 74.9 cm³/mol. The largest absolute Gasteiger partial charge is 0.459 e. The molecule has 6 heteroatoms. The van der Waals surface area contributed by atoms with Crippen molar-refractivity contribution >= 4 is 11.9 Å². The molecule has 2 aromatic carbocycles. The third-order valence-corrected chi connectivity index (χ3v) is 2.86. The Morgan fingerprint density at radius 3 is 2.27 bits per heavy atom. The second-order valence-electron chi connectivity index (χ2n) is 4.41. The molecule has 0 saturated heterocycles. The molecule has 0 atom stereocenters. The van der Waals surface area contributed by atoms with Crippen molar-refractivity contribution < 1.29 is 23.1 Å². The zero-order valence-electron chi connectivity index (χ0n) is 11.5. The van der Waals surface area contributed by atoms with Crippen molar-refractivity contribution in [3.8, 4) is 0 Å². The summed E-state index contributed by atoms with van der Waals surface area (Å²) in [6.45, 7) is -0.664. The van der Waals surface area contributed by atoms with Crippen molar-refractivity contribution in [1.82, 2.24) is 5.32 Å². The number of amides is 1. The predicted octanol–water partition coefficient (Wildman–Crippen LogP) is 2.44. The van der Waals surface area contributed by atoms with E-state index in [0.717, 1.165) is 6.07 Å². The average molecular weight is 305 g/mol. The van der Waals surface area contributed by atoms with Gasteiger partial charge in [0.2, 0.25) is 0 Å². The van der Waals surface area contributed by atoms with Crippen LogP contribution in [0.5, 0.6) is 0 Å². The van der Waals surface area contributed by atoms with Gasteiger partial charge >= 0.3 is 5.97 Å². The molecule has 0 heterocycles. The van der Waals surface area contributed by atoms with Crippen LogP contribution in [0.15, 0.2) is 48.5 Å². The number of nitrogens with one attached hydrogen (secondary N) is 1. The lowest BCUT2D eigenvalue weighted by Crippen LogP contribution is -2.31. The normalized spacial score (nSPS) is 10.1. The molecule has 114 valence electrons. The Kier molecular flexibility index (Phi) is 5.19. The van der Waals surface area contributed by atoms with Crippen LogP contribution in [0.3, 0.4) is 0 Å². The molecule has 0 aromatic heterocycles. The van der Waals surface area contributed by atoms with Gasteiger partial charge in [-0.15, -0.1) is 0 Å². The lowest BCUT2D eigenvalue weighted by molar-refractivity contribution is -0.143. The Morgan fingerprint density at radius 1 is 0.955 bits per heavy atom. The van der Waals surface area contributed by atoms with Crippen LogP contribution in [0.2, 0.25) is 0 Å². The molecule has 0 aliphatic carbocycles. The van der Waals surface area contributed by atoms with Gasteiger partial charge in [-0.1, -0.05) is 30.3 Å². The molecule has 0 unspecified atom stereocenters. The zero-order chi connectivity index (χ0) is 15.9. The maximum absolute atomic E-state index is 13.4. The molecule has 4 nitrogen and oxygen atoms in total. The maximum atomic E-state index is 13.4. The second kappa shape index (κ2) is 7.31. The smallest absolute Gasteiger partial charge is 0.325 e. The van der Waals surface area contributed by atoms with E-state index in [1.165, 1.54) is 36.4 Å². The van der Waals surface area contributed by atoms with Gasteiger partial charge in [-0.2, -0.15) is 0 Å². The number of hydrogen-bond acceptors (Lipinski definition) is 3. The molecule has 22 heavy (non-hydrogen) atoms. The van der Waals surface area contributed by atoms with Gasteiger partial charge in [-0.3, -0.25) is 9.59 Å². The summed E-state index contributed by atoms with van der Waals surface area (Å²) in [6, 6.07) is 11.3. The maximum Gasteiger partial charge on any atom is 0.325 e. The molecular weight excluding hydrogens is 292 g/mol. The van der Waals surface area contributed by atoms with Gasteiger partial charge in [0.15, 0.2) is 0 Å². The van der Waals surface area contributed by atoms with E-state index in [9.17, 15) is 18.4 Å². The molecular formula is C16H13F2NO3. The lowest BCUT2D eigenvalue weighted by atomic mass is 10.2. The summed E-state index contributed by atoms with van der Waals surface area (Å²) in [6.07, 6.45) is 0. The van der Waals surface area contributed by atoms with E-state index in [-0.39, 0.29) is 17.7 Å². The number of ether oxygens (including phenoxy) is 1. The van der Waals surface area contributed by atoms with Crippen molar-refractivity contribution in [1.29, 1.82) is 0 Å². The Labute approximate surface area is 125 Å². The number of esters is 1. The Balaban J connectivity index is 1.82. The van der Waals surface area contributed by atoms with Gasteiger partial charge in [-0.05, 0) is 18.2 Å². The quantitative estimate of drug-likeness (QED) is 0.863. The summed E-state index contributed by atoms with van der Waals surface area (Å²) < 4.78 is 31.5. The van der Waals surface area contributed by atoms with Crippen LogP contribution < -0.4 is 5.32 Å². The first kappa shape index (κ1) is 15.6. The highest BCUT2D eigenvalue weighted by molar-refractivity contribution is 5.96. The number of halogens is 2. The van der Waals surface area contributed by atoms with Crippen molar-refractivity contribution in [3.05, 3.63) is 71.3 Å². The first-order valence-electron chi connectivity index (χ1n) is 6.49. The van der Waals surface area contributed by atoms with Crippen molar-refractivity contribution in [3.63, 3.8) is 0 Å². The van der Waals surface area contributed by atoms with Gasteiger partial charge in [0.05, 0.1) is 5.56 Å². The van der Waals surface area contributed by atoms with Crippen LogP contribution in [0.1, 0.15) is 15.9 Å². The summed E-state index contributed by atoms with van der Waals surface area (Å²) >= 11 is 0. The van der Waals surface area contributed by atoms with E-state index < -0.39 is 30.1 Å². The van der Waals surface area contributed by atoms with E-state index in [2.05, 4.69) is 5.32 Å². The minimum Gasteiger partial charge on any atom is -0.459 e. The monoisotopic (exact) mass is 305 g/mol. The molecule has 2 aromatic rings. The number of rotatable bonds is 5. The minimum absolute atomic E-state index is 0.163. The number of carbonyl (C=O) groups is 2. The highest BCUT2D eigenvalue weighted by Gasteiger charge is 2.13. The van der Waals surface area contributed by atoms with Crippen molar-refractivity contribution in [2.45, 2.75) is 6.61 Å². The van der Waals surface area contributed by atoms with Gasteiger partial charge in [0, 0.05) is 5.56 Å². The van der Waals surface area contributed by atoms with Crippen molar-refractivity contribution in [2.75, 3.05) is 6.54 Å². The van der Waals surface area contributed by atoms with Crippen LogP contribution in [0.4, 0.5) is 8.78 Å². The molecule has 0 radical (unpaired) electrons. The Morgan fingerprint density at radius 2 is 1.59 bits per heavy atom. The highest BCUT2D eigenvalue weighted by Crippen LogP contribution is 2.08. The SMILES string of the molecule is O=C(CNC(=O)c1ccccc1F)OCc1ccccc1F. The number of hydrogen-bond donors (Lipinski definition) is 1. The van der Waals surface area contributed by atoms with Crippen LogP contribution >= 0.6 is 0 Å². The van der Waals surface area contributed by atoms with Crippen LogP contribution in [-0.4, -0.2) is 18.4 Å². The van der Waals surface area contributed by atoms with E-state index in [1.807, 2.05) is 0 Å². The molecule has 0 aliphatic rings.